The van der Waals surface area contributed by atoms with Crippen molar-refractivity contribution in [1.29, 1.82) is 0 Å². The summed E-state index contributed by atoms with van der Waals surface area (Å²) in [5.41, 5.74) is 0. The highest BCUT2D eigenvalue weighted by atomic mass is 127. The number of nitrogens with zero attached hydrogens (tertiary/aromatic N) is 2. The molecule has 1 heterocycles. The van der Waals surface area contributed by atoms with E-state index >= 15 is 0 Å². The number of hydrogen-bond acceptors (Lipinski definition) is 3. The molecule has 0 aromatic heterocycles. The second kappa shape index (κ2) is 11.5. The third-order valence-corrected chi connectivity index (χ3v) is 3.76. The van der Waals surface area contributed by atoms with Crippen molar-refractivity contribution in [2.24, 2.45) is 10.9 Å². The largest absolute Gasteiger partial charge is 0.489 e. The van der Waals surface area contributed by atoms with Crippen LogP contribution in [0.5, 0.6) is 5.75 Å². The lowest BCUT2D eigenvalue weighted by molar-refractivity contribution is 0.181. The highest BCUT2D eigenvalue weighted by Gasteiger charge is 2.19. The Kier molecular flexibility index (Phi) is 10.0. The maximum absolute atomic E-state index is 13.5. The molecule has 1 unspecified atom stereocenters. The van der Waals surface area contributed by atoms with Crippen LogP contribution in [0.1, 0.15) is 13.3 Å². The van der Waals surface area contributed by atoms with Crippen LogP contribution in [0, 0.1) is 17.6 Å². The van der Waals surface area contributed by atoms with E-state index in [1.54, 1.807) is 0 Å². The number of nitrogens with one attached hydrogen (secondary N) is 1. The van der Waals surface area contributed by atoms with Gasteiger partial charge in [0, 0.05) is 38.7 Å². The number of hydrogen-bond donors (Lipinski definition) is 1. The highest BCUT2D eigenvalue weighted by molar-refractivity contribution is 14.0. The van der Waals surface area contributed by atoms with Crippen LogP contribution in [0.15, 0.2) is 23.2 Å². The number of rotatable bonds is 7. The Morgan fingerprint density at radius 3 is 2.88 bits per heavy atom. The van der Waals surface area contributed by atoms with Crippen molar-refractivity contribution in [2.75, 3.05) is 46.5 Å². The molecule has 0 radical (unpaired) electrons. The third kappa shape index (κ3) is 7.31. The van der Waals surface area contributed by atoms with Gasteiger partial charge in [0.05, 0.1) is 13.2 Å². The number of ether oxygens (including phenoxy) is 2. The van der Waals surface area contributed by atoms with Crippen LogP contribution in [-0.4, -0.2) is 57.4 Å². The summed E-state index contributed by atoms with van der Waals surface area (Å²) in [7, 11) is 1.99. The van der Waals surface area contributed by atoms with Crippen molar-refractivity contribution in [3.63, 3.8) is 0 Å². The molecule has 2 rings (SSSR count). The van der Waals surface area contributed by atoms with Gasteiger partial charge >= 0.3 is 0 Å². The van der Waals surface area contributed by atoms with Crippen molar-refractivity contribution >= 4 is 29.9 Å². The molecule has 8 heteroatoms. The molecule has 0 saturated carbocycles. The predicted molar refractivity (Wildman–Crippen MR) is 105 cm³/mol. The van der Waals surface area contributed by atoms with Crippen molar-refractivity contribution in [3.05, 3.63) is 29.8 Å². The summed E-state index contributed by atoms with van der Waals surface area (Å²) >= 11 is 0. The quantitative estimate of drug-likeness (QED) is 0.289. The van der Waals surface area contributed by atoms with Crippen LogP contribution in [-0.2, 0) is 4.74 Å². The minimum absolute atomic E-state index is 0. The first-order valence-electron chi connectivity index (χ1n) is 8.25. The van der Waals surface area contributed by atoms with Gasteiger partial charge in [0.2, 0.25) is 0 Å². The first kappa shape index (κ1) is 21.9. The first-order valence-corrected chi connectivity index (χ1v) is 8.25. The summed E-state index contributed by atoms with van der Waals surface area (Å²) in [5.74, 6) is 0.0121. The van der Waals surface area contributed by atoms with Crippen molar-refractivity contribution < 1.29 is 18.3 Å². The van der Waals surface area contributed by atoms with Crippen LogP contribution in [0.25, 0.3) is 0 Å². The molecule has 1 saturated heterocycles. The number of benzene rings is 1. The van der Waals surface area contributed by atoms with Crippen LogP contribution in [0.2, 0.25) is 0 Å². The fourth-order valence-electron chi connectivity index (χ4n) is 2.57. The van der Waals surface area contributed by atoms with Gasteiger partial charge in [-0.25, -0.2) is 13.8 Å². The molecule has 1 aliphatic rings. The lowest BCUT2D eigenvalue weighted by atomic mass is 10.1. The van der Waals surface area contributed by atoms with Gasteiger partial charge in [0.1, 0.15) is 12.4 Å². The van der Waals surface area contributed by atoms with Gasteiger partial charge in [-0.3, -0.25) is 0 Å². The van der Waals surface area contributed by atoms with Crippen molar-refractivity contribution in [1.82, 2.24) is 10.2 Å². The standard InChI is InChI=1S/C17H25F2N3O2.HI/c1-3-20-17(22(2)11-13-6-8-23-12-13)21-7-9-24-16-5-4-14(18)10-15(16)19;/h4-5,10,13H,3,6-9,11-12H2,1-2H3,(H,20,21);1H. The normalized spacial score (nSPS) is 17.1. The topological polar surface area (TPSA) is 46.1 Å². The van der Waals surface area contributed by atoms with Gasteiger partial charge < -0.3 is 19.7 Å². The zero-order valence-corrected chi connectivity index (χ0v) is 17.0. The lowest BCUT2D eigenvalue weighted by Crippen LogP contribution is -2.41. The molecular weight excluding hydrogens is 443 g/mol. The van der Waals surface area contributed by atoms with E-state index in [0.717, 1.165) is 44.8 Å². The summed E-state index contributed by atoms with van der Waals surface area (Å²) in [6.45, 7) is 5.85. The molecule has 142 valence electrons. The van der Waals surface area contributed by atoms with E-state index in [0.29, 0.717) is 12.5 Å². The molecule has 25 heavy (non-hydrogen) atoms. The van der Waals surface area contributed by atoms with Gasteiger partial charge in [-0.05, 0) is 25.5 Å². The monoisotopic (exact) mass is 469 g/mol. The molecule has 1 aromatic carbocycles. The molecule has 0 amide bonds. The molecule has 0 spiro atoms. The fraction of sp³-hybridized carbons (Fsp3) is 0.588. The summed E-state index contributed by atoms with van der Waals surface area (Å²) < 4.78 is 37.0. The Morgan fingerprint density at radius 1 is 1.44 bits per heavy atom. The number of guanidine groups is 1. The van der Waals surface area contributed by atoms with E-state index in [9.17, 15) is 8.78 Å². The van der Waals surface area contributed by atoms with Gasteiger partial charge in [0.25, 0.3) is 0 Å². The van der Waals surface area contributed by atoms with Gasteiger partial charge in [-0.2, -0.15) is 0 Å². The lowest BCUT2D eigenvalue weighted by Gasteiger charge is -2.24. The van der Waals surface area contributed by atoms with Gasteiger partial charge in [-0.1, -0.05) is 0 Å². The molecule has 0 aliphatic carbocycles. The maximum atomic E-state index is 13.5. The zero-order chi connectivity index (χ0) is 17.4. The Hall–Kier alpha value is -1.16. The summed E-state index contributed by atoms with van der Waals surface area (Å²) in [4.78, 5) is 6.56. The van der Waals surface area contributed by atoms with E-state index < -0.39 is 11.6 Å². The molecule has 1 aromatic rings. The van der Waals surface area contributed by atoms with Crippen LogP contribution < -0.4 is 10.1 Å². The van der Waals surface area contributed by atoms with Crippen molar-refractivity contribution in [3.8, 4) is 5.75 Å². The zero-order valence-electron chi connectivity index (χ0n) is 14.6. The van der Waals surface area contributed by atoms with Crippen LogP contribution in [0.4, 0.5) is 8.78 Å². The molecule has 0 bridgehead atoms. The Morgan fingerprint density at radius 2 is 2.24 bits per heavy atom. The average Bonchev–Trinajstić information content (AvgIpc) is 3.05. The van der Waals surface area contributed by atoms with E-state index in [4.69, 9.17) is 9.47 Å². The molecule has 1 fully saturated rings. The SMILES string of the molecule is CCNC(=NCCOc1ccc(F)cc1F)N(C)CC1CCOC1.I. The number of aliphatic imine (C=N–C) groups is 1. The molecule has 5 nitrogen and oxygen atoms in total. The number of halogens is 3. The Bertz CT molecular complexity index is 555. The summed E-state index contributed by atoms with van der Waals surface area (Å²) in [6.07, 6.45) is 1.07. The Labute approximate surface area is 164 Å². The highest BCUT2D eigenvalue weighted by Crippen LogP contribution is 2.17. The second-order valence-electron chi connectivity index (χ2n) is 5.77. The fourth-order valence-corrected chi connectivity index (χ4v) is 2.57. The summed E-state index contributed by atoms with van der Waals surface area (Å²) in [5, 5.41) is 3.23. The third-order valence-electron chi connectivity index (χ3n) is 3.76. The van der Waals surface area contributed by atoms with Crippen LogP contribution in [0.3, 0.4) is 0 Å². The van der Waals surface area contributed by atoms with E-state index in [1.807, 2.05) is 14.0 Å². The minimum atomic E-state index is -0.704. The predicted octanol–water partition coefficient (Wildman–Crippen LogP) is 2.90. The van der Waals surface area contributed by atoms with Crippen LogP contribution >= 0.6 is 24.0 Å². The maximum Gasteiger partial charge on any atom is 0.193 e. The van der Waals surface area contributed by atoms with Gasteiger partial charge in [-0.15, -0.1) is 24.0 Å². The minimum Gasteiger partial charge on any atom is -0.489 e. The van der Waals surface area contributed by atoms with Crippen molar-refractivity contribution in [2.45, 2.75) is 13.3 Å². The van der Waals surface area contributed by atoms with E-state index in [2.05, 4.69) is 15.2 Å². The van der Waals surface area contributed by atoms with Gasteiger partial charge in [0.15, 0.2) is 17.5 Å². The summed E-state index contributed by atoms with van der Waals surface area (Å²) in [6, 6.07) is 3.26. The Balaban J connectivity index is 0.00000312. The molecule has 1 atom stereocenters. The smallest absolute Gasteiger partial charge is 0.193 e. The van der Waals surface area contributed by atoms with E-state index in [1.165, 1.54) is 12.1 Å². The average molecular weight is 469 g/mol. The second-order valence-corrected chi connectivity index (χ2v) is 5.77. The first-order chi connectivity index (χ1) is 11.6. The van der Waals surface area contributed by atoms with E-state index in [-0.39, 0.29) is 36.3 Å². The molecule has 1 N–H and O–H groups in total. The molecule has 1 aliphatic heterocycles. The molecular formula is C17H26F2IN3O2.